The molecule has 1 amide bonds. The van der Waals surface area contributed by atoms with Gasteiger partial charge in [0.2, 0.25) is 0 Å². The lowest BCUT2D eigenvalue weighted by atomic mass is 10.1. The Kier molecular flexibility index (Phi) is 7.67. The number of benzene rings is 2. The summed E-state index contributed by atoms with van der Waals surface area (Å²) in [5.74, 6) is -0.654. The zero-order valence-corrected chi connectivity index (χ0v) is 17.7. The van der Waals surface area contributed by atoms with Crippen molar-refractivity contribution in [3.63, 3.8) is 0 Å². The van der Waals surface area contributed by atoms with Gasteiger partial charge in [-0.3, -0.25) is 14.5 Å². The molecule has 2 aromatic rings. The maximum absolute atomic E-state index is 12.9. The Bertz CT molecular complexity index is 941. The molecule has 1 heterocycles. The number of anilines is 1. The third-order valence-electron chi connectivity index (χ3n) is 4.67. The number of carbonyl (C=O) groups excluding carboxylic acids is 2. The van der Waals surface area contributed by atoms with Crippen LogP contribution >= 0.6 is 11.6 Å². The van der Waals surface area contributed by atoms with E-state index in [4.69, 9.17) is 31.5 Å². The molecule has 31 heavy (non-hydrogen) atoms. The molecule has 1 fully saturated rings. The minimum Gasteiger partial charge on any atom is -0.496 e. The van der Waals surface area contributed by atoms with Crippen molar-refractivity contribution in [2.75, 3.05) is 45.6 Å². The molecule has 1 saturated heterocycles. The van der Waals surface area contributed by atoms with Crippen LogP contribution in [0.25, 0.3) is 0 Å². The van der Waals surface area contributed by atoms with Crippen LogP contribution in [0.5, 0.6) is 11.5 Å². The summed E-state index contributed by atoms with van der Waals surface area (Å²) in [6.07, 6.45) is -0.313. The lowest BCUT2D eigenvalue weighted by Gasteiger charge is -2.32. The second-order valence-corrected chi connectivity index (χ2v) is 7.35. The van der Waals surface area contributed by atoms with Crippen LogP contribution in [0, 0.1) is 5.82 Å². The first-order chi connectivity index (χ1) is 14.9. The maximum Gasteiger partial charge on any atom is 0.325 e. The van der Waals surface area contributed by atoms with E-state index >= 15 is 0 Å². The van der Waals surface area contributed by atoms with Gasteiger partial charge in [0.15, 0.2) is 0 Å². The monoisotopic (exact) mass is 451 g/mol. The molecule has 1 atom stereocenters. The first kappa shape index (κ1) is 22.8. The van der Waals surface area contributed by atoms with Crippen molar-refractivity contribution in [2.45, 2.75) is 6.10 Å². The summed E-state index contributed by atoms with van der Waals surface area (Å²) in [6.45, 7) is 1.66. The Morgan fingerprint density at radius 3 is 2.77 bits per heavy atom. The highest BCUT2D eigenvalue weighted by Gasteiger charge is 2.24. The van der Waals surface area contributed by atoms with Gasteiger partial charge in [-0.05, 0) is 30.3 Å². The number of esters is 1. The summed E-state index contributed by atoms with van der Waals surface area (Å²) >= 11 is 6.01. The second-order valence-electron chi connectivity index (χ2n) is 6.94. The number of carbonyl (C=O) groups is 2. The minimum atomic E-state index is -0.461. The smallest absolute Gasteiger partial charge is 0.325 e. The van der Waals surface area contributed by atoms with Gasteiger partial charge in [0, 0.05) is 25.7 Å². The molecule has 10 heteroatoms. The normalized spacial score (nSPS) is 16.5. The molecule has 0 aromatic heterocycles. The number of nitrogens with one attached hydrogen (secondary N) is 1. The molecule has 0 bridgehead atoms. The summed E-state index contributed by atoms with van der Waals surface area (Å²) in [7, 11) is 1.44. The Balaban J connectivity index is 1.50. The number of amides is 1. The first-order valence-corrected chi connectivity index (χ1v) is 9.95. The molecule has 3 N–H and O–H groups in total. The number of hydrogen-bond acceptors (Lipinski definition) is 7. The summed E-state index contributed by atoms with van der Waals surface area (Å²) in [4.78, 5) is 26.6. The minimum absolute atomic E-state index is 0.0482. The first-order valence-electron chi connectivity index (χ1n) is 9.57. The van der Waals surface area contributed by atoms with Gasteiger partial charge >= 0.3 is 5.97 Å². The molecule has 8 nitrogen and oxygen atoms in total. The van der Waals surface area contributed by atoms with Gasteiger partial charge in [-0.15, -0.1) is 0 Å². The van der Waals surface area contributed by atoms with E-state index in [0.29, 0.717) is 31.1 Å². The fraction of sp³-hybridized carbons (Fsp3) is 0.333. The number of methoxy groups -OCH3 is 1. The third kappa shape index (κ3) is 6.30. The molecular weight excluding hydrogens is 429 g/mol. The topological polar surface area (TPSA) is 103 Å². The van der Waals surface area contributed by atoms with Crippen molar-refractivity contribution >= 4 is 29.2 Å². The fourth-order valence-corrected chi connectivity index (χ4v) is 3.28. The molecule has 0 aliphatic carbocycles. The molecule has 3 rings (SSSR count). The Morgan fingerprint density at radius 2 is 2.06 bits per heavy atom. The maximum atomic E-state index is 12.9. The lowest BCUT2D eigenvalue weighted by molar-refractivity contribution is -0.137. The second kappa shape index (κ2) is 10.4. The number of morpholine rings is 1. The van der Waals surface area contributed by atoms with Crippen LogP contribution < -0.4 is 20.5 Å². The van der Waals surface area contributed by atoms with Gasteiger partial charge in [-0.1, -0.05) is 11.6 Å². The summed E-state index contributed by atoms with van der Waals surface area (Å²) < 4.78 is 29.0. The van der Waals surface area contributed by atoms with Gasteiger partial charge in [-0.25, -0.2) is 4.39 Å². The van der Waals surface area contributed by atoms with Crippen molar-refractivity contribution < 1.29 is 28.2 Å². The number of nitrogens with zero attached hydrogens (tertiary/aromatic N) is 1. The lowest BCUT2D eigenvalue weighted by Crippen LogP contribution is -2.49. The highest BCUT2D eigenvalue weighted by Crippen LogP contribution is 2.28. The fourth-order valence-electron chi connectivity index (χ4n) is 3.11. The van der Waals surface area contributed by atoms with Crippen molar-refractivity contribution in [1.29, 1.82) is 0 Å². The predicted molar refractivity (Wildman–Crippen MR) is 113 cm³/mol. The SMILES string of the molecule is COc1cc(N)c(Cl)cc1C(=O)NCC1CN(CC(=O)Oc2ccc(F)cc2)CCO1. The number of rotatable bonds is 7. The van der Waals surface area contributed by atoms with E-state index in [0.717, 1.165) is 0 Å². The van der Waals surface area contributed by atoms with Crippen LogP contribution in [0.15, 0.2) is 36.4 Å². The van der Waals surface area contributed by atoms with Gasteiger partial charge in [0.05, 0.1) is 42.6 Å². The molecule has 1 aliphatic rings. The van der Waals surface area contributed by atoms with E-state index in [1.165, 1.54) is 43.5 Å². The molecule has 2 aromatic carbocycles. The van der Waals surface area contributed by atoms with Crippen LogP contribution in [0.2, 0.25) is 5.02 Å². The molecule has 1 unspecified atom stereocenters. The number of nitrogen functional groups attached to an aromatic ring is 1. The average Bonchev–Trinajstić information content (AvgIpc) is 2.75. The standard InChI is InChI=1S/C21H23ClFN3O5/c1-29-19-9-18(24)17(22)8-16(19)21(28)25-10-15-11-26(6-7-30-15)12-20(27)31-14-4-2-13(23)3-5-14/h2-5,8-9,15H,6-7,10-12,24H2,1H3,(H,25,28). The van der Waals surface area contributed by atoms with Crippen LogP contribution in [-0.4, -0.2) is 62.8 Å². The Hall–Kier alpha value is -2.88. The molecular formula is C21H23ClFN3O5. The third-order valence-corrected chi connectivity index (χ3v) is 5.00. The van der Waals surface area contributed by atoms with E-state index in [1.54, 1.807) is 0 Å². The van der Waals surface area contributed by atoms with Gasteiger partial charge < -0.3 is 25.3 Å². The molecule has 1 aliphatic heterocycles. The van der Waals surface area contributed by atoms with Gasteiger partial charge in [0.25, 0.3) is 5.91 Å². The van der Waals surface area contributed by atoms with E-state index in [9.17, 15) is 14.0 Å². The predicted octanol–water partition coefficient (Wildman–Crippen LogP) is 2.11. The van der Waals surface area contributed by atoms with Crippen LogP contribution in [0.3, 0.4) is 0 Å². The zero-order valence-electron chi connectivity index (χ0n) is 16.9. The van der Waals surface area contributed by atoms with Crippen LogP contribution in [0.4, 0.5) is 10.1 Å². The van der Waals surface area contributed by atoms with E-state index in [-0.39, 0.29) is 41.4 Å². The van der Waals surface area contributed by atoms with Crippen molar-refractivity contribution in [3.8, 4) is 11.5 Å². The number of hydrogen-bond donors (Lipinski definition) is 2. The Labute approximate surface area is 184 Å². The summed E-state index contributed by atoms with van der Waals surface area (Å²) in [5, 5.41) is 3.04. The van der Waals surface area contributed by atoms with Crippen LogP contribution in [0.1, 0.15) is 10.4 Å². The molecule has 0 spiro atoms. The zero-order chi connectivity index (χ0) is 22.4. The molecule has 0 saturated carbocycles. The Morgan fingerprint density at radius 1 is 1.32 bits per heavy atom. The van der Waals surface area contributed by atoms with Crippen molar-refractivity contribution in [1.82, 2.24) is 10.2 Å². The molecule has 166 valence electrons. The highest BCUT2D eigenvalue weighted by atomic mass is 35.5. The number of ether oxygens (including phenoxy) is 3. The summed E-state index contributed by atoms with van der Waals surface area (Å²) in [6, 6.07) is 8.16. The highest BCUT2D eigenvalue weighted by molar-refractivity contribution is 6.33. The van der Waals surface area contributed by atoms with Gasteiger partial charge in [-0.2, -0.15) is 0 Å². The van der Waals surface area contributed by atoms with Gasteiger partial charge in [0.1, 0.15) is 17.3 Å². The largest absolute Gasteiger partial charge is 0.496 e. The van der Waals surface area contributed by atoms with Crippen molar-refractivity contribution in [2.24, 2.45) is 0 Å². The van der Waals surface area contributed by atoms with Crippen LogP contribution in [-0.2, 0) is 9.53 Å². The number of halogens is 2. The van der Waals surface area contributed by atoms with E-state index in [1.807, 2.05) is 4.90 Å². The van der Waals surface area contributed by atoms with Crippen molar-refractivity contribution in [3.05, 3.63) is 52.8 Å². The number of nitrogens with two attached hydrogens (primary N) is 1. The summed E-state index contributed by atoms with van der Waals surface area (Å²) in [5.41, 5.74) is 6.32. The van der Waals surface area contributed by atoms with E-state index < -0.39 is 11.8 Å². The van der Waals surface area contributed by atoms with E-state index in [2.05, 4.69) is 5.32 Å². The average molecular weight is 452 g/mol. The quantitative estimate of drug-likeness (QED) is 0.377. The molecule has 0 radical (unpaired) electrons.